The fraction of sp³-hybridized carbons (Fsp3) is 0.860. The Labute approximate surface area is 598 Å². The number of unbranched alkanes of at least 4 members (excludes halogenated alkanes) is 28. The van der Waals surface area contributed by atoms with Gasteiger partial charge in [-0.3, -0.25) is 19.2 Å². The lowest BCUT2D eigenvalue weighted by molar-refractivity contribution is -0.155. The van der Waals surface area contributed by atoms with Crippen LogP contribution < -0.4 is 0 Å². The molecule has 7 saturated carbocycles. The number of rotatable bonds is 58. The molecule has 0 aliphatic heterocycles. The molecule has 8 rings (SSSR count). The molecule has 0 atom stereocenters. The van der Waals surface area contributed by atoms with Crippen LogP contribution in [0, 0.1) is 47.3 Å². The topological polar surface area (TPSA) is 158 Å². The second-order valence-electron chi connectivity index (χ2n) is 31.5. The van der Waals surface area contributed by atoms with E-state index in [1.807, 2.05) is 0 Å². The zero-order chi connectivity index (χ0) is 69.6. The fourth-order valence-corrected chi connectivity index (χ4v) is 13.6. The zero-order valence-electron chi connectivity index (χ0n) is 63.1. The Kier molecular flexibility index (Phi) is 48.9. The van der Waals surface area contributed by atoms with Crippen molar-refractivity contribution in [3.05, 3.63) is 35.4 Å². The summed E-state index contributed by atoms with van der Waals surface area (Å²) in [5.74, 6) is 5.02. The van der Waals surface area contributed by atoms with E-state index < -0.39 is 0 Å². The second kappa shape index (κ2) is 56.6. The molecular weight excluding hydrogens is 1220 g/mol. The maximum atomic E-state index is 12.2. The van der Waals surface area contributed by atoms with Crippen LogP contribution in [0.5, 0.6) is 0 Å². The van der Waals surface area contributed by atoms with E-state index in [0.717, 1.165) is 119 Å². The molecule has 0 amide bonds. The maximum Gasteiger partial charge on any atom is 0.338 e. The molecule has 562 valence electrons. The van der Waals surface area contributed by atoms with Gasteiger partial charge in [0.25, 0.3) is 0 Å². The summed E-state index contributed by atoms with van der Waals surface area (Å²) >= 11 is 0. The van der Waals surface area contributed by atoms with Crippen molar-refractivity contribution in [3.63, 3.8) is 0 Å². The van der Waals surface area contributed by atoms with E-state index in [-0.39, 0.29) is 47.7 Å². The van der Waals surface area contributed by atoms with Crippen LogP contribution in [0.1, 0.15) is 407 Å². The van der Waals surface area contributed by atoms with Crippen LogP contribution in [-0.4, -0.2) is 75.5 Å². The highest BCUT2D eigenvalue weighted by atomic mass is 16.6. The predicted molar refractivity (Wildman–Crippen MR) is 398 cm³/mol. The minimum atomic E-state index is -0.324. The monoisotopic (exact) mass is 1370 g/mol. The lowest BCUT2D eigenvalue weighted by Crippen LogP contribution is -2.28. The molecule has 7 fully saturated rings. The van der Waals surface area contributed by atoms with Crippen molar-refractivity contribution in [2.75, 3.05) is 39.6 Å². The minimum Gasteiger partial charge on any atom is -0.466 e. The molecule has 0 N–H and O–H groups in total. The first-order valence-electron chi connectivity index (χ1n) is 42.1. The Morgan fingerprint density at radius 1 is 0.276 bits per heavy atom. The van der Waals surface area contributed by atoms with Crippen LogP contribution in [0.3, 0.4) is 0 Å². The minimum absolute atomic E-state index is 0.0107. The van der Waals surface area contributed by atoms with Crippen LogP contribution in [0.25, 0.3) is 0 Å². The summed E-state index contributed by atoms with van der Waals surface area (Å²) < 4.78 is 31.7. The van der Waals surface area contributed by atoms with Crippen LogP contribution in [0.4, 0.5) is 0 Å². The number of benzene rings is 1. The van der Waals surface area contributed by atoms with E-state index in [1.165, 1.54) is 289 Å². The molecule has 12 heteroatoms. The summed E-state index contributed by atoms with van der Waals surface area (Å²) in [7, 11) is 0. The Morgan fingerprint density at radius 2 is 0.520 bits per heavy atom. The summed E-state index contributed by atoms with van der Waals surface area (Å²) in [4.78, 5) is 70.4. The molecule has 0 heterocycles. The van der Waals surface area contributed by atoms with Gasteiger partial charge in [0, 0.05) is 13.3 Å². The average molecular weight is 1370 g/mol. The molecule has 1 aromatic carbocycles. The van der Waals surface area contributed by atoms with E-state index >= 15 is 0 Å². The molecule has 0 aromatic heterocycles. The Hall–Kier alpha value is -3.96. The number of carbonyl (C=O) groups is 6. The molecule has 0 saturated heterocycles. The van der Waals surface area contributed by atoms with Gasteiger partial charge in [0.1, 0.15) is 0 Å². The molecule has 0 spiro atoms. The van der Waals surface area contributed by atoms with Crippen molar-refractivity contribution in [3.8, 4) is 0 Å². The highest BCUT2D eigenvalue weighted by Gasteiger charge is 2.32. The average Bonchev–Trinajstić information content (AvgIpc) is 1.71. The van der Waals surface area contributed by atoms with Gasteiger partial charge >= 0.3 is 35.8 Å². The number of hydrogen-bond acceptors (Lipinski definition) is 12. The van der Waals surface area contributed by atoms with Gasteiger partial charge < -0.3 is 28.4 Å². The quantitative estimate of drug-likeness (QED) is 0.0346. The van der Waals surface area contributed by atoms with Crippen molar-refractivity contribution in [2.45, 2.75) is 386 Å². The first-order chi connectivity index (χ1) is 48.1. The Balaban J connectivity index is 0.000000237. The van der Waals surface area contributed by atoms with Crippen molar-refractivity contribution >= 4 is 35.8 Å². The fourth-order valence-electron chi connectivity index (χ4n) is 13.6. The second-order valence-corrected chi connectivity index (χ2v) is 31.5. The lowest BCUT2D eigenvalue weighted by Gasteiger charge is -2.26. The first kappa shape index (κ1) is 84.7. The van der Waals surface area contributed by atoms with Gasteiger partial charge in [-0.2, -0.15) is 0 Å². The number of carbonyl (C=O) groups excluding carboxylic acids is 6. The first-order valence-corrected chi connectivity index (χ1v) is 42.1. The lowest BCUT2D eigenvalue weighted by atomic mass is 9.82. The molecule has 7 aliphatic carbocycles. The van der Waals surface area contributed by atoms with Gasteiger partial charge in [0.2, 0.25) is 0 Å². The van der Waals surface area contributed by atoms with Crippen molar-refractivity contribution < 1.29 is 57.2 Å². The van der Waals surface area contributed by atoms with Crippen molar-refractivity contribution in [1.82, 2.24) is 0 Å². The van der Waals surface area contributed by atoms with Crippen LogP contribution in [0.15, 0.2) is 24.3 Å². The normalized spacial score (nSPS) is 17.8. The third-order valence-corrected chi connectivity index (χ3v) is 21.5. The number of hydrogen-bond donors (Lipinski definition) is 0. The predicted octanol–water partition coefficient (Wildman–Crippen LogP) is 23.8. The molecule has 0 bridgehead atoms. The van der Waals surface area contributed by atoms with Gasteiger partial charge in [-0.1, -0.05) is 289 Å². The Bertz CT molecular complexity index is 2070. The van der Waals surface area contributed by atoms with E-state index in [9.17, 15) is 28.8 Å². The smallest absolute Gasteiger partial charge is 0.338 e. The highest BCUT2D eigenvalue weighted by Crippen LogP contribution is 2.38. The zero-order valence-corrected chi connectivity index (χ0v) is 63.1. The van der Waals surface area contributed by atoms with E-state index in [4.69, 9.17) is 28.4 Å². The van der Waals surface area contributed by atoms with Gasteiger partial charge in [-0.05, 0) is 143 Å². The summed E-state index contributed by atoms with van der Waals surface area (Å²) in [6.45, 7) is 7.00. The van der Waals surface area contributed by atoms with Gasteiger partial charge in [-0.15, -0.1) is 0 Å². The molecular formula is C86H146O12. The Morgan fingerprint density at radius 3 is 0.827 bits per heavy atom. The third kappa shape index (κ3) is 50.4. The van der Waals surface area contributed by atoms with E-state index in [2.05, 4.69) is 6.92 Å². The van der Waals surface area contributed by atoms with Gasteiger partial charge in [0.05, 0.1) is 62.6 Å². The van der Waals surface area contributed by atoms with Crippen LogP contribution in [-0.2, 0) is 47.6 Å². The molecule has 12 nitrogen and oxygen atoms in total. The molecule has 98 heavy (non-hydrogen) atoms. The maximum absolute atomic E-state index is 12.2. The summed E-state index contributed by atoms with van der Waals surface area (Å²) in [6.07, 6.45) is 73.4. The highest BCUT2D eigenvalue weighted by molar-refractivity contribution is 5.93. The molecule has 0 radical (unpaired) electrons. The standard InChI is InChI=1S/C24H40O4.C22H42O2.C20H26O4.C20H38O2/c25-23(27-17-5-1-3-7-19-9-10-19)21-13-15-22(16-14-21)24(26)28-18-6-2-4-8-20-11-12-20;1-21(23)24-20-16-14-12-10-8-6-4-2-3-5-7-9-11-13-15-17-22-18-19-22;21-19(23-13-1-3-15-5-6-15)17-9-11-18(12-10-17)20(22)24-14-2-4-16-7-8-16;1-2-3-4-8-12-15-20(21)22-18-13-10-7-5-6-9-11-14-19-16-17-19/h19-22H,1-18H2;22H,2-20H2,1H3;9-12,15-16H,1-8,13-14H2;19H,2-18H2,1H3. The number of esters is 6. The molecule has 0 unspecified atom stereocenters. The summed E-state index contributed by atoms with van der Waals surface area (Å²) in [6, 6.07) is 6.52. The van der Waals surface area contributed by atoms with Crippen LogP contribution in [0.2, 0.25) is 0 Å². The largest absolute Gasteiger partial charge is 0.466 e. The summed E-state index contributed by atoms with van der Waals surface area (Å²) in [5, 5.41) is 0. The van der Waals surface area contributed by atoms with E-state index in [0.29, 0.717) is 57.2 Å². The third-order valence-electron chi connectivity index (χ3n) is 21.5. The van der Waals surface area contributed by atoms with Crippen LogP contribution >= 0.6 is 0 Å². The van der Waals surface area contributed by atoms with Crippen molar-refractivity contribution in [2.24, 2.45) is 47.3 Å². The van der Waals surface area contributed by atoms with Gasteiger partial charge in [0.15, 0.2) is 0 Å². The van der Waals surface area contributed by atoms with Gasteiger partial charge in [-0.25, -0.2) is 9.59 Å². The van der Waals surface area contributed by atoms with E-state index in [1.54, 1.807) is 24.3 Å². The van der Waals surface area contributed by atoms with Crippen molar-refractivity contribution in [1.29, 1.82) is 0 Å². The molecule has 1 aromatic rings. The SMILES string of the molecule is CC(=O)OCCCCCCCCCCCCCCCCCC1CC1.CCCCCCCC(=O)OCCCCCCCCCC1CC1.O=C(OCCCC1CC1)c1ccc(C(=O)OCCCC2CC2)cc1.O=C(OCCCCCC1CC1)C1CCC(C(=O)OCCCCCC2CC2)CC1. The number of ether oxygens (including phenoxy) is 6. The summed E-state index contributed by atoms with van der Waals surface area (Å²) in [5.41, 5.74) is 0.957. The molecule has 7 aliphatic rings.